The van der Waals surface area contributed by atoms with Crippen LogP contribution in [0.5, 0.6) is 5.88 Å². The van der Waals surface area contributed by atoms with E-state index in [0.29, 0.717) is 0 Å². The van der Waals surface area contributed by atoms with E-state index in [2.05, 4.69) is 10.3 Å². The summed E-state index contributed by atoms with van der Waals surface area (Å²) in [6.45, 7) is 0. The van der Waals surface area contributed by atoms with Crippen molar-refractivity contribution in [3.63, 3.8) is 0 Å². The number of non-ortho nitro benzene ring substituents is 1. The first-order valence-electron chi connectivity index (χ1n) is 5.40. The topological polar surface area (TPSA) is 94.4 Å². The molecule has 8 heteroatoms. The minimum Gasteiger partial charge on any atom is -0.391 e. The SMILES string of the molecule is O=C(Nc1ccc([N+](=O)[O-])cc1Cl)Oc1ccccn1. The Morgan fingerprint density at radius 2 is 2.15 bits per heavy atom. The van der Waals surface area contributed by atoms with Crippen molar-refractivity contribution in [2.45, 2.75) is 0 Å². The normalized spacial score (nSPS) is 9.85. The van der Waals surface area contributed by atoms with Gasteiger partial charge in [0.2, 0.25) is 5.88 Å². The molecule has 2 aromatic rings. The first kappa shape index (κ1) is 13.8. The molecule has 20 heavy (non-hydrogen) atoms. The highest BCUT2D eigenvalue weighted by Crippen LogP contribution is 2.26. The highest BCUT2D eigenvalue weighted by molar-refractivity contribution is 6.33. The Labute approximate surface area is 118 Å². The Kier molecular flexibility index (Phi) is 4.11. The number of nitrogens with zero attached hydrogens (tertiary/aromatic N) is 2. The van der Waals surface area contributed by atoms with Gasteiger partial charge >= 0.3 is 6.09 Å². The van der Waals surface area contributed by atoms with Crippen LogP contribution in [0.4, 0.5) is 16.2 Å². The lowest BCUT2D eigenvalue weighted by atomic mass is 10.3. The van der Waals surface area contributed by atoms with Crippen molar-refractivity contribution in [2.24, 2.45) is 0 Å². The number of ether oxygens (including phenoxy) is 1. The van der Waals surface area contributed by atoms with E-state index in [0.717, 1.165) is 6.07 Å². The molecule has 102 valence electrons. The number of amides is 1. The number of pyridine rings is 1. The van der Waals surface area contributed by atoms with Crippen molar-refractivity contribution in [1.82, 2.24) is 4.98 Å². The molecule has 0 aliphatic rings. The summed E-state index contributed by atoms with van der Waals surface area (Å²) in [6, 6.07) is 8.53. The van der Waals surface area contributed by atoms with Crippen molar-refractivity contribution in [3.8, 4) is 5.88 Å². The lowest BCUT2D eigenvalue weighted by Gasteiger charge is -2.07. The van der Waals surface area contributed by atoms with Gasteiger partial charge in [-0.25, -0.2) is 9.78 Å². The number of nitro benzene ring substituents is 1. The molecule has 0 aliphatic heterocycles. The second-order valence-corrected chi connectivity index (χ2v) is 4.01. The van der Waals surface area contributed by atoms with Crippen LogP contribution in [0.2, 0.25) is 5.02 Å². The van der Waals surface area contributed by atoms with Crippen LogP contribution >= 0.6 is 11.6 Å². The third-order valence-corrected chi connectivity index (χ3v) is 2.55. The van der Waals surface area contributed by atoms with E-state index in [1.165, 1.54) is 24.4 Å². The average molecular weight is 294 g/mol. The van der Waals surface area contributed by atoms with Crippen LogP contribution < -0.4 is 10.1 Å². The van der Waals surface area contributed by atoms with Crippen LogP contribution in [0.1, 0.15) is 0 Å². The van der Waals surface area contributed by atoms with Crippen LogP contribution in [-0.4, -0.2) is 16.0 Å². The molecule has 0 radical (unpaired) electrons. The number of nitrogens with one attached hydrogen (secondary N) is 1. The monoisotopic (exact) mass is 293 g/mol. The minimum atomic E-state index is -0.792. The number of nitro groups is 1. The van der Waals surface area contributed by atoms with Gasteiger partial charge in [-0.1, -0.05) is 17.7 Å². The van der Waals surface area contributed by atoms with Crippen LogP contribution in [0, 0.1) is 10.1 Å². The van der Waals surface area contributed by atoms with Crippen molar-refractivity contribution in [3.05, 3.63) is 57.7 Å². The van der Waals surface area contributed by atoms with Gasteiger partial charge in [0.1, 0.15) is 0 Å². The zero-order valence-corrected chi connectivity index (χ0v) is 10.7. The van der Waals surface area contributed by atoms with E-state index < -0.39 is 11.0 Å². The lowest BCUT2D eigenvalue weighted by Crippen LogP contribution is -2.17. The molecule has 7 nitrogen and oxygen atoms in total. The molecule has 1 amide bonds. The summed E-state index contributed by atoms with van der Waals surface area (Å²) in [5.74, 6) is 0.128. The third-order valence-electron chi connectivity index (χ3n) is 2.24. The Balaban J connectivity index is 2.06. The van der Waals surface area contributed by atoms with Gasteiger partial charge in [0.25, 0.3) is 5.69 Å². The molecule has 1 heterocycles. The molecule has 1 N–H and O–H groups in total. The Morgan fingerprint density at radius 3 is 2.75 bits per heavy atom. The zero-order chi connectivity index (χ0) is 14.5. The Bertz CT molecular complexity index is 648. The fourth-order valence-electron chi connectivity index (χ4n) is 1.36. The summed E-state index contributed by atoms with van der Waals surface area (Å²) in [4.78, 5) is 25.4. The molecule has 0 fully saturated rings. The maximum absolute atomic E-state index is 11.6. The van der Waals surface area contributed by atoms with Gasteiger partial charge in [-0.05, 0) is 12.1 Å². The van der Waals surface area contributed by atoms with Crippen molar-refractivity contribution < 1.29 is 14.5 Å². The Morgan fingerprint density at radius 1 is 1.35 bits per heavy atom. The smallest absolute Gasteiger partial charge is 0.391 e. The maximum Gasteiger partial charge on any atom is 0.418 e. The van der Waals surface area contributed by atoms with E-state index in [1.54, 1.807) is 12.1 Å². The van der Waals surface area contributed by atoms with Gasteiger partial charge in [-0.3, -0.25) is 15.4 Å². The number of carbonyl (C=O) groups is 1. The summed E-state index contributed by atoms with van der Waals surface area (Å²) < 4.78 is 4.90. The molecule has 2 rings (SSSR count). The minimum absolute atomic E-state index is 0.0390. The van der Waals surface area contributed by atoms with Gasteiger partial charge in [0.15, 0.2) is 0 Å². The van der Waals surface area contributed by atoms with Crippen LogP contribution in [-0.2, 0) is 0 Å². The zero-order valence-electron chi connectivity index (χ0n) is 9.95. The van der Waals surface area contributed by atoms with Gasteiger partial charge in [0.05, 0.1) is 15.6 Å². The molecule has 0 aliphatic carbocycles. The predicted molar refractivity (Wildman–Crippen MR) is 72.0 cm³/mol. The van der Waals surface area contributed by atoms with Gasteiger partial charge < -0.3 is 4.74 Å². The summed E-state index contributed by atoms with van der Waals surface area (Å²) in [5.41, 5.74) is 0.0387. The van der Waals surface area contributed by atoms with E-state index in [-0.39, 0.29) is 22.3 Å². The number of aromatic nitrogens is 1. The van der Waals surface area contributed by atoms with Gasteiger partial charge in [-0.15, -0.1) is 0 Å². The van der Waals surface area contributed by atoms with Crippen LogP contribution in [0.3, 0.4) is 0 Å². The van der Waals surface area contributed by atoms with Gasteiger partial charge in [-0.2, -0.15) is 0 Å². The maximum atomic E-state index is 11.6. The number of hydrogen-bond donors (Lipinski definition) is 1. The van der Waals surface area contributed by atoms with Crippen LogP contribution in [0.25, 0.3) is 0 Å². The number of carbonyl (C=O) groups excluding carboxylic acids is 1. The van der Waals surface area contributed by atoms with Crippen molar-refractivity contribution in [2.75, 3.05) is 5.32 Å². The number of rotatable bonds is 3. The van der Waals surface area contributed by atoms with Crippen molar-refractivity contribution in [1.29, 1.82) is 0 Å². The quantitative estimate of drug-likeness (QED) is 0.692. The number of halogens is 1. The number of hydrogen-bond acceptors (Lipinski definition) is 5. The summed E-state index contributed by atoms with van der Waals surface area (Å²) in [5, 5.41) is 13.0. The lowest BCUT2D eigenvalue weighted by molar-refractivity contribution is -0.384. The largest absolute Gasteiger partial charge is 0.418 e. The Hall–Kier alpha value is -2.67. The molecule has 1 aromatic carbocycles. The molecule has 0 unspecified atom stereocenters. The second kappa shape index (κ2) is 5.98. The fourth-order valence-corrected chi connectivity index (χ4v) is 1.58. The molecule has 0 spiro atoms. The van der Waals surface area contributed by atoms with Crippen LogP contribution in [0.15, 0.2) is 42.6 Å². The number of anilines is 1. The third kappa shape index (κ3) is 3.42. The molecular formula is C12H8ClN3O4. The first-order valence-corrected chi connectivity index (χ1v) is 5.78. The highest BCUT2D eigenvalue weighted by atomic mass is 35.5. The summed E-state index contributed by atoms with van der Waals surface area (Å²) in [7, 11) is 0. The molecule has 1 aromatic heterocycles. The highest BCUT2D eigenvalue weighted by Gasteiger charge is 2.12. The van der Waals surface area contributed by atoms with E-state index >= 15 is 0 Å². The average Bonchev–Trinajstić information content (AvgIpc) is 2.42. The fraction of sp³-hybridized carbons (Fsp3) is 0. The summed E-state index contributed by atoms with van der Waals surface area (Å²) in [6.07, 6.45) is 0.682. The molecule has 0 atom stereocenters. The van der Waals surface area contributed by atoms with E-state index in [1.807, 2.05) is 0 Å². The summed E-state index contributed by atoms with van der Waals surface area (Å²) >= 11 is 5.83. The molecule has 0 saturated heterocycles. The molecular weight excluding hydrogens is 286 g/mol. The van der Waals surface area contributed by atoms with E-state index in [4.69, 9.17) is 16.3 Å². The van der Waals surface area contributed by atoms with Gasteiger partial charge in [0, 0.05) is 24.4 Å². The predicted octanol–water partition coefficient (Wildman–Crippen LogP) is 3.25. The number of benzene rings is 1. The first-order chi connectivity index (χ1) is 9.56. The van der Waals surface area contributed by atoms with E-state index in [9.17, 15) is 14.9 Å². The second-order valence-electron chi connectivity index (χ2n) is 3.60. The van der Waals surface area contributed by atoms with Crippen molar-refractivity contribution >= 4 is 29.1 Å². The molecule has 0 bridgehead atoms. The molecule has 0 saturated carbocycles. The standard InChI is InChI=1S/C12H8ClN3O4/c13-9-7-8(16(18)19)4-5-10(9)15-12(17)20-11-3-1-2-6-14-11/h1-7H,(H,15,17).